The lowest BCUT2D eigenvalue weighted by molar-refractivity contribution is -0.143. The molecule has 5 heteroatoms. The van der Waals surface area contributed by atoms with Gasteiger partial charge in [-0.1, -0.05) is 32.0 Å². The Morgan fingerprint density at radius 3 is 2.48 bits per heavy atom. The van der Waals surface area contributed by atoms with Crippen LogP contribution in [-0.2, 0) is 16.0 Å². The van der Waals surface area contributed by atoms with E-state index in [-0.39, 0.29) is 18.2 Å². The lowest BCUT2D eigenvalue weighted by atomic mass is 9.98. The van der Waals surface area contributed by atoms with E-state index in [9.17, 15) is 14.7 Å². The van der Waals surface area contributed by atoms with Crippen molar-refractivity contribution < 1.29 is 14.7 Å². The Hall–Kier alpha value is -2.43. The number of para-hydroxylation sites is 1. The van der Waals surface area contributed by atoms with Crippen LogP contribution >= 0.6 is 0 Å². The minimum Gasteiger partial charge on any atom is -0.480 e. The van der Waals surface area contributed by atoms with Crippen LogP contribution in [0.15, 0.2) is 24.3 Å². The van der Waals surface area contributed by atoms with Crippen LogP contribution in [0.3, 0.4) is 0 Å². The van der Waals surface area contributed by atoms with Crippen LogP contribution in [-0.4, -0.2) is 28.0 Å². The number of carbonyl (C=O) groups is 2. The predicted octanol–water partition coefficient (Wildman–Crippen LogP) is 2.62. The third-order valence-electron chi connectivity index (χ3n) is 4.07. The number of aromatic nitrogens is 1. The van der Waals surface area contributed by atoms with Gasteiger partial charge in [0, 0.05) is 11.1 Å². The molecule has 0 bridgehead atoms. The largest absolute Gasteiger partial charge is 0.480 e. The summed E-state index contributed by atoms with van der Waals surface area (Å²) < 4.78 is 0. The second-order valence-corrected chi connectivity index (χ2v) is 6.12. The van der Waals surface area contributed by atoms with Gasteiger partial charge in [0.2, 0.25) is 5.91 Å². The van der Waals surface area contributed by atoms with Gasteiger partial charge in [-0.25, -0.2) is 4.79 Å². The Labute approximate surface area is 135 Å². The predicted molar refractivity (Wildman–Crippen MR) is 89.3 cm³/mol. The molecule has 0 radical (unpaired) electrons. The molecule has 0 saturated carbocycles. The number of aliphatic carboxylic acids is 1. The van der Waals surface area contributed by atoms with Crippen LogP contribution in [0, 0.1) is 19.8 Å². The minimum absolute atomic E-state index is 0.131. The van der Waals surface area contributed by atoms with Gasteiger partial charge in [0.25, 0.3) is 0 Å². The van der Waals surface area contributed by atoms with Crippen molar-refractivity contribution in [3.63, 3.8) is 0 Å². The maximum Gasteiger partial charge on any atom is 0.326 e. The highest BCUT2D eigenvalue weighted by molar-refractivity contribution is 5.88. The number of nitrogens with zero attached hydrogens (tertiary/aromatic N) is 1. The van der Waals surface area contributed by atoms with Gasteiger partial charge in [-0.05, 0) is 37.0 Å². The number of amides is 1. The van der Waals surface area contributed by atoms with Gasteiger partial charge in [-0.15, -0.1) is 0 Å². The quantitative estimate of drug-likeness (QED) is 0.889. The van der Waals surface area contributed by atoms with E-state index >= 15 is 0 Å². The summed E-state index contributed by atoms with van der Waals surface area (Å²) in [6.45, 7) is 7.39. The highest BCUT2D eigenvalue weighted by Crippen LogP contribution is 2.23. The first kappa shape index (κ1) is 16.9. The monoisotopic (exact) mass is 314 g/mol. The molecule has 5 nitrogen and oxygen atoms in total. The van der Waals surface area contributed by atoms with E-state index in [1.54, 1.807) is 13.8 Å². The molecule has 0 unspecified atom stereocenters. The van der Waals surface area contributed by atoms with E-state index in [0.29, 0.717) is 0 Å². The molecule has 0 fully saturated rings. The highest BCUT2D eigenvalue weighted by Gasteiger charge is 2.24. The molecule has 0 aliphatic carbocycles. The van der Waals surface area contributed by atoms with Crippen LogP contribution in [0.5, 0.6) is 0 Å². The van der Waals surface area contributed by atoms with Gasteiger partial charge in [-0.2, -0.15) is 0 Å². The molecule has 1 heterocycles. The Morgan fingerprint density at radius 2 is 1.87 bits per heavy atom. The maximum absolute atomic E-state index is 12.3. The van der Waals surface area contributed by atoms with Crippen molar-refractivity contribution >= 4 is 22.8 Å². The summed E-state index contributed by atoms with van der Waals surface area (Å²) >= 11 is 0. The van der Waals surface area contributed by atoms with E-state index < -0.39 is 12.0 Å². The van der Waals surface area contributed by atoms with Gasteiger partial charge in [0.05, 0.1) is 11.9 Å². The molecule has 122 valence electrons. The van der Waals surface area contributed by atoms with Crippen LogP contribution in [0.25, 0.3) is 10.9 Å². The summed E-state index contributed by atoms with van der Waals surface area (Å²) in [7, 11) is 0. The van der Waals surface area contributed by atoms with Crippen molar-refractivity contribution in [2.75, 3.05) is 0 Å². The van der Waals surface area contributed by atoms with Crippen molar-refractivity contribution in [2.45, 2.75) is 40.2 Å². The van der Waals surface area contributed by atoms with Crippen molar-refractivity contribution in [3.05, 3.63) is 41.1 Å². The zero-order chi connectivity index (χ0) is 17.1. The van der Waals surface area contributed by atoms with Crippen LogP contribution in [0.2, 0.25) is 0 Å². The molecule has 1 aromatic heterocycles. The number of hydrogen-bond donors (Lipinski definition) is 2. The third-order valence-corrected chi connectivity index (χ3v) is 4.07. The maximum atomic E-state index is 12.3. The molecule has 1 aromatic carbocycles. The molecule has 2 rings (SSSR count). The lowest BCUT2D eigenvalue weighted by Gasteiger charge is -2.19. The number of fused-ring (bicyclic) bond motifs is 1. The Bertz CT molecular complexity index is 753. The Morgan fingerprint density at radius 1 is 1.22 bits per heavy atom. The fourth-order valence-electron chi connectivity index (χ4n) is 2.73. The SMILES string of the molecule is Cc1nc2ccccc2c(C)c1CC(=O)N[C@@H](C(=O)O)C(C)C. The number of rotatable bonds is 5. The standard InChI is InChI=1S/C18H22N2O3/c1-10(2)17(18(22)23)20-16(21)9-14-11(3)13-7-5-6-8-15(13)19-12(14)4/h5-8,10,17H,9H2,1-4H3,(H,20,21)(H,22,23)/t17-/m1/s1. The summed E-state index contributed by atoms with van der Waals surface area (Å²) in [5.74, 6) is -1.49. The molecule has 0 aliphatic heterocycles. The number of nitrogens with one attached hydrogen (secondary N) is 1. The van der Waals surface area contributed by atoms with Gasteiger partial charge < -0.3 is 10.4 Å². The Kier molecular flexibility index (Phi) is 4.98. The fraction of sp³-hybridized carbons (Fsp3) is 0.389. The zero-order valence-corrected chi connectivity index (χ0v) is 13.9. The molecule has 0 spiro atoms. The minimum atomic E-state index is -1.02. The first-order valence-corrected chi connectivity index (χ1v) is 7.68. The summed E-state index contributed by atoms with van der Waals surface area (Å²) in [6, 6.07) is 6.91. The average molecular weight is 314 g/mol. The van der Waals surface area contributed by atoms with E-state index in [1.165, 1.54) is 0 Å². The van der Waals surface area contributed by atoms with E-state index in [1.807, 2.05) is 38.1 Å². The Balaban J connectivity index is 2.28. The van der Waals surface area contributed by atoms with E-state index in [0.717, 1.165) is 27.7 Å². The summed E-state index contributed by atoms with van der Waals surface area (Å²) in [6.07, 6.45) is 0.131. The zero-order valence-electron chi connectivity index (χ0n) is 13.9. The van der Waals surface area contributed by atoms with Gasteiger partial charge in [0.1, 0.15) is 6.04 Å². The molecule has 1 amide bonds. The lowest BCUT2D eigenvalue weighted by Crippen LogP contribution is -2.45. The number of carboxylic acids is 1. The van der Waals surface area contributed by atoms with Crippen molar-refractivity contribution in [1.82, 2.24) is 10.3 Å². The summed E-state index contributed by atoms with van der Waals surface area (Å²) in [5, 5.41) is 12.8. The second kappa shape index (κ2) is 6.77. The second-order valence-electron chi connectivity index (χ2n) is 6.12. The molecular weight excluding hydrogens is 292 g/mol. The van der Waals surface area contributed by atoms with Crippen LogP contribution in [0.1, 0.15) is 30.7 Å². The molecule has 2 aromatic rings. The van der Waals surface area contributed by atoms with E-state index in [4.69, 9.17) is 0 Å². The van der Waals surface area contributed by atoms with Gasteiger partial charge >= 0.3 is 5.97 Å². The smallest absolute Gasteiger partial charge is 0.326 e. The van der Waals surface area contributed by atoms with Gasteiger partial charge in [0.15, 0.2) is 0 Å². The number of aryl methyl sites for hydroxylation is 2. The molecule has 23 heavy (non-hydrogen) atoms. The molecule has 0 aliphatic rings. The normalized spacial score (nSPS) is 12.4. The molecule has 1 atom stereocenters. The van der Waals surface area contributed by atoms with Crippen molar-refractivity contribution in [2.24, 2.45) is 5.92 Å². The van der Waals surface area contributed by atoms with Crippen molar-refractivity contribution in [3.8, 4) is 0 Å². The highest BCUT2D eigenvalue weighted by atomic mass is 16.4. The first-order chi connectivity index (χ1) is 10.8. The van der Waals surface area contributed by atoms with Crippen molar-refractivity contribution in [1.29, 1.82) is 0 Å². The topological polar surface area (TPSA) is 79.3 Å². The van der Waals surface area contributed by atoms with Crippen LogP contribution in [0.4, 0.5) is 0 Å². The summed E-state index contributed by atoms with van der Waals surface area (Å²) in [5.41, 5.74) is 3.57. The fourth-order valence-corrected chi connectivity index (χ4v) is 2.73. The number of benzene rings is 1. The summed E-state index contributed by atoms with van der Waals surface area (Å²) in [4.78, 5) is 28.0. The van der Waals surface area contributed by atoms with Crippen LogP contribution < -0.4 is 5.32 Å². The number of pyridine rings is 1. The molecule has 0 saturated heterocycles. The third kappa shape index (κ3) is 3.67. The van der Waals surface area contributed by atoms with Gasteiger partial charge in [-0.3, -0.25) is 9.78 Å². The number of hydrogen-bond acceptors (Lipinski definition) is 3. The van der Waals surface area contributed by atoms with E-state index in [2.05, 4.69) is 10.3 Å². The average Bonchev–Trinajstić information content (AvgIpc) is 2.48. The first-order valence-electron chi connectivity index (χ1n) is 7.68. The number of carboxylic acid groups (broad SMARTS) is 1. The molecular formula is C18H22N2O3. The number of carbonyl (C=O) groups excluding carboxylic acids is 1. The molecule has 2 N–H and O–H groups in total.